The molecule has 1 atom stereocenters. The monoisotopic (exact) mass is 571 g/mol. The third kappa shape index (κ3) is 4.99. The Hall–Kier alpha value is -2.91. The fourth-order valence-corrected chi connectivity index (χ4v) is 6.23. The summed E-state index contributed by atoms with van der Waals surface area (Å²) in [5, 5.41) is 11.2. The van der Waals surface area contributed by atoms with E-state index < -0.39 is 21.6 Å². The molecule has 1 fully saturated rings. The smallest absolute Gasteiger partial charge is 0.343 e. The predicted octanol–water partition coefficient (Wildman–Crippen LogP) is 5.75. The molecule has 0 aliphatic heterocycles. The van der Waals surface area contributed by atoms with E-state index in [4.69, 9.17) is 4.42 Å². The number of benzene rings is 2. The summed E-state index contributed by atoms with van der Waals surface area (Å²) in [6.45, 7) is 0. The minimum absolute atomic E-state index is 0.0816. The summed E-state index contributed by atoms with van der Waals surface area (Å²) in [6.07, 6.45) is 4.83. The van der Waals surface area contributed by atoms with Gasteiger partial charge in [0.25, 0.3) is 10.0 Å². The first-order valence-electron chi connectivity index (χ1n) is 12.0. The van der Waals surface area contributed by atoms with Crippen LogP contribution < -0.4 is 10.3 Å². The first-order valence-corrected chi connectivity index (χ1v) is 14.3. The number of aromatic hydroxyl groups is 1. The number of fused-ring (bicyclic) bond motifs is 1. The highest BCUT2D eigenvalue weighted by atomic mass is 79.9. The van der Waals surface area contributed by atoms with Gasteiger partial charge in [0.05, 0.1) is 16.0 Å². The number of carbonyl (C=O) groups is 1. The second-order valence-electron chi connectivity index (χ2n) is 9.43. The molecule has 1 heterocycles. The van der Waals surface area contributed by atoms with E-state index in [1.54, 1.807) is 36.4 Å². The average Bonchev–Trinajstić information content (AvgIpc) is 3.65. The van der Waals surface area contributed by atoms with Crippen LogP contribution in [-0.4, -0.2) is 19.3 Å². The third-order valence-corrected chi connectivity index (χ3v) is 8.75. The molecular weight excluding hydrogens is 546 g/mol. The zero-order valence-electron chi connectivity index (χ0n) is 19.5. The fourth-order valence-electron chi connectivity index (χ4n) is 4.92. The normalized spacial score (nSPS) is 17.1. The molecule has 188 valence electrons. The second-order valence-corrected chi connectivity index (χ2v) is 12.0. The minimum Gasteiger partial charge on any atom is -0.506 e. The summed E-state index contributed by atoms with van der Waals surface area (Å²) in [5.74, 6) is -0.666. The molecule has 2 aromatic carbocycles. The van der Waals surface area contributed by atoms with Gasteiger partial charge in [0.2, 0.25) is 0 Å². The van der Waals surface area contributed by atoms with Crippen LogP contribution in [0.4, 0.5) is 5.69 Å². The van der Waals surface area contributed by atoms with E-state index in [0.29, 0.717) is 24.1 Å². The molecule has 2 N–H and O–H groups in total. The molecule has 1 unspecified atom stereocenters. The van der Waals surface area contributed by atoms with E-state index in [9.17, 15) is 23.1 Å². The Bertz CT molecular complexity index is 1480. The zero-order chi connectivity index (χ0) is 25.4. The molecule has 2 aliphatic rings. The predicted molar refractivity (Wildman–Crippen MR) is 139 cm³/mol. The standard InChI is InChI=1S/C27H26BrNO6S/c28-18-11-13-20(14-12-18)36(33,34)29-19-6-4-5-17(15-19)23(16-9-10-16)25-26(31)24-21(30)7-2-1-3-8-22(24)35-27(25)32/h4-6,11-16,23,29,31H,1-3,7-10H2. The van der Waals surface area contributed by atoms with Gasteiger partial charge < -0.3 is 9.52 Å². The van der Waals surface area contributed by atoms with E-state index in [1.807, 2.05) is 0 Å². The van der Waals surface area contributed by atoms with Crippen LogP contribution in [0, 0.1) is 5.92 Å². The van der Waals surface area contributed by atoms with Crippen molar-refractivity contribution in [3.8, 4) is 5.75 Å². The number of aryl methyl sites for hydroxylation is 1. The van der Waals surface area contributed by atoms with Crippen molar-refractivity contribution in [3.63, 3.8) is 0 Å². The van der Waals surface area contributed by atoms with Gasteiger partial charge in [-0.2, -0.15) is 0 Å². The highest BCUT2D eigenvalue weighted by molar-refractivity contribution is 9.10. The number of Topliss-reactive ketones (excluding diaryl/α,β-unsaturated/α-hetero) is 1. The lowest BCUT2D eigenvalue weighted by Crippen LogP contribution is -2.21. The fraction of sp³-hybridized carbons (Fsp3) is 0.333. The van der Waals surface area contributed by atoms with Crippen molar-refractivity contribution < 1.29 is 22.7 Å². The van der Waals surface area contributed by atoms with Crippen molar-refractivity contribution >= 4 is 37.4 Å². The largest absolute Gasteiger partial charge is 0.506 e. The van der Waals surface area contributed by atoms with Crippen LogP contribution in [0.1, 0.15) is 71.7 Å². The van der Waals surface area contributed by atoms with Crippen molar-refractivity contribution in [2.45, 2.75) is 55.8 Å². The van der Waals surface area contributed by atoms with Crippen molar-refractivity contribution in [2.24, 2.45) is 5.92 Å². The van der Waals surface area contributed by atoms with Gasteiger partial charge in [-0.1, -0.05) is 34.5 Å². The average molecular weight is 572 g/mol. The summed E-state index contributed by atoms with van der Waals surface area (Å²) in [4.78, 5) is 26.1. The molecule has 5 rings (SSSR count). The molecule has 3 aromatic rings. The van der Waals surface area contributed by atoms with E-state index >= 15 is 0 Å². The third-order valence-electron chi connectivity index (χ3n) is 6.82. The van der Waals surface area contributed by atoms with Gasteiger partial charge in [-0.3, -0.25) is 9.52 Å². The van der Waals surface area contributed by atoms with Crippen LogP contribution in [0.3, 0.4) is 0 Å². The second kappa shape index (κ2) is 9.86. The van der Waals surface area contributed by atoms with E-state index in [-0.39, 0.29) is 39.2 Å². The molecule has 36 heavy (non-hydrogen) atoms. The summed E-state index contributed by atoms with van der Waals surface area (Å²) in [5.41, 5.74) is 0.583. The topological polar surface area (TPSA) is 114 Å². The first-order chi connectivity index (χ1) is 17.2. The maximum Gasteiger partial charge on any atom is 0.343 e. The molecule has 7 nitrogen and oxygen atoms in total. The number of rotatable bonds is 6. The number of carbonyl (C=O) groups excluding carboxylic acids is 1. The number of hydrogen-bond acceptors (Lipinski definition) is 6. The highest BCUT2D eigenvalue weighted by Gasteiger charge is 2.39. The van der Waals surface area contributed by atoms with Gasteiger partial charge in [-0.05, 0) is 73.6 Å². The molecule has 0 amide bonds. The molecular formula is C27H26BrNO6S. The number of halogens is 1. The Kier molecular flexibility index (Phi) is 6.78. The van der Waals surface area contributed by atoms with Crippen LogP contribution >= 0.6 is 15.9 Å². The Balaban J connectivity index is 1.54. The van der Waals surface area contributed by atoms with Gasteiger partial charge in [0.1, 0.15) is 11.5 Å². The number of sulfonamides is 1. The van der Waals surface area contributed by atoms with Gasteiger partial charge in [-0.15, -0.1) is 0 Å². The molecule has 0 spiro atoms. The number of nitrogens with one attached hydrogen (secondary N) is 1. The molecule has 0 radical (unpaired) electrons. The van der Waals surface area contributed by atoms with Crippen molar-refractivity contribution in [1.82, 2.24) is 0 Å². The lowest BCUT2D eigenvalue weighted by atomic mass is 9.85. The maximum atomic E-state index is 13.1. The Morgan fingerprint density at radius 2 is 1.72 bits per heavy atom. The summed E-state index contributed by atoms with van der Waals surface area (Å²) in [7, 11) is -3.83. The Labute approximate surface area is 217 Å². The van der Waals surface area contributed by atoms with E-state index in [0.717, 1.165) is 36.6 Å². The molecule has 0 saturated heterocycles. The number of ketones is 1. The molecule has 1 saturated carbocycles. The quantitative estimate of drug-likeness (QED) is 0.389. The lowest BCUT2D eigenvalue weighted by Gasteiger charge is -2.21. The van der Waals surface area contributed by atoms with Crippen molar-refractivity contribution in [2.75, 3.05) is 4.72 Å². The number of anilines is 1. The SMILES string of the molecule is O=C1CCCCCc2oc(=O)c(C(c3cccc(NS(=O)(=O)c4ccc(Br)cc4)c3)C3CC3)c(O)c21. The van der Waals surface area contributed by atoms with Crippen LogP contribution in [0.2, 0.25) is 0 Å². The lowest BCUT2D eigenvalue weighted by molar-refractivity contribution is 0.0968. The van der Waals surface area contributed by atoms with Crippen molar-refractivity contribution in [1.29, 1.82) is 0 Å². The van der Waals surface area contributed by atoms with Gasteiger partial charge in [0.15, 0.2) is 5.78 Å². The van der Waals surface area contributed by atoms with Crippen LogP contribution in [-0.2, 0) is 16.4 Å². The zero-order valence-corrected chi connectivity index (χ0v) is 21.9. The Morgan fingerprint density at radius 3 is 2.44 bits per heavy atom. The van der Waals surface area contributed by atoms with Gasteiger partial charge >= 0.3 is 5.63 Å². The van der Waals surface area contributed by atoms with Crippen LogP contribution in [0.25, 0.3) is 0 Å². The number of hydrogen-bond donors (Lipinski definition) is 2. The van der Waals surface area contributed by atoms with Crippen molar-refractivity contribution in [3.05, 3.63) is 85.9 Å². The minimum atomic E-state index is -3.83. The molecule has 2 aliphatic carbocycles. The van der Waals surface area contributed by atoms with E-state index in [1.165, 1.54) is 12.1 Å². The molecule has 9 heteroatoms. The molecule has 0 bridgehead atoms. The summed E-state index contributed by atoms with van der Waals surface area (Å²) in [6, 6.07) is 13.1. The van der Waals surface area contributed by atoms with Gasteiger partial charge in [0, 0.05) is 28.9 Å². The Morgan fingerprint density at radius 1 is 1.00 bits per heavy atom. The van der Waals surface area contributed by atoms with E-state index in [2.05, 4.69) is 20.7 Å². The maximum absolute atomic E-state index is 13.1. The first kappa shape index (κ1) is 24.8. The highest BCUT2D eigenvalue weighted by Crippen LogP contribution is 2.49. The summed E-state index contributed by atoms with van der Waals surface area (Å²) < 4.78 is 34.8. The molecule has 1 aromatic heterocycles. The van der Waals surface area contributed by atoms with Gasteiger partial charge in [-0.25, -0.2) is 13.2 Å². The van der Waals surface area contributed by atoms with Crippen LogP contribution in [0.5, 0.6) is 5.75 Å². The van der Waals surface area contributed by atoms with Crippen LogP contribution in [0.15, 0.2) is 67.1 Å². The summed E-state index contributed by atoms with van der Waals surface area (Å²) >= 11 is 3.30.